The first-order valence-electron chi connectivity index (χ1n) is 17.2. The summed E-state index contributed by atoms with van der Waals surface area (Å²) in [6, 6.07) is 30.2. The predicted molar refractivity (Wildman–Crippen MR) is 193 cm³/mol. The molecule has 4 aliphatic rings. The molecule has 2 saturated heterocycles. The fraction of sp³-hybridized carbons (Fsp3) is 0.268. The van der Waals surface area contributed by atoms with Crippen molar-refractivity contribution in [2.24, 2.45) is 39.3 Å². The summed E-state index contributed by atoms with van der Waals surface area (Å²) in [6.07, 6.45) is 2.60. The first-order chi connectivity index (χ1) is 24.6. The van der Waals surface area contributed by atoms with E-state index < -0.39 is 35.0 Å². The molecular formula is C41H37N5O5. The number of amides is 4. The minimum absolute atomic E-state index is 0.0456. The number of imide groups is 2. The SMILES string of the molecule is CN(C)c1ccc(N=Nc2ccc(N3C(=O)[C@H]4[C@H](CC=C5[C@H]4C[C@H]4C(=O)N(c6ccccc6)C(=O)[C@@]4(C)[C@H]5c4cccc(O)c4)C3=O)cc2)cc1. The van der Waals surface area contributed by atoms with Gasteiger partial charge in [0.2, 0.25) is 23.6 Å². The van der Waals surface area contributed by atoms with Crippen molar-refractivity contribution in [2.45, 2.75) is 25.7 Å². The largest absolute Gasteiger partial charge is 0.508 e. The zero-order valence-electron chi connectivity index (χ0n) is 28.5. The molecule has 3 fully saturated rings. The number of phenolic OH excluding ortho intramolecular Hbond substituents is 1. The van der Waals surface area contributed by atoms with E-state index in [2.05, 4.69) is 10.2 Å². The van der Waals surface area contributed by atoms with Crippen molar-refractivity contribution >= 4 is 52.1 Å². The van der Waals surface area contributed by atoms with Crippen LogP contribution >= 0.6 is 0 Å². The second-order valence-corrected chi connectivity index (χ2v) is 14.2. The lowest BCUT2D eigenvalue weighted by Crippen LogP contribution is -2.48. The van der Waals surface area contributed by atoms with Gasteiger partial charge < -0.3 is 10.0 Å². The first-order valence-corrected chi connectivity index (χ1v) is 17.2. The van der Waals surface area contributed by atoms with Gasteiger partial charge in [0, 0.05) is 25.7 Å². The standard InChI is InChI=1S/C41H37N5O5/c1-41-34(38(49)46(40(41)51)28-9-5-4-6-10-28)23-33-31(36(41)24-8-7-11-30(47)22-24)20-21-32-35(33)39(50)45(37(32)48)29-18-14-26(15-19-29)43-42-25-12-16-27(17-13-25)44(2)3/h4-20,22,32-36,47H,21,23H2,1-3H3/t32-,33+,34-,35-,36-,41+/m0/s1. The average Bonchev–Trinajstić information content (AvgIpc) is 3.50. The van der Waals surface area contributed by atoms with Gasteiger partial charge in [-0.15, -0.1) is 0 Å². The molecule has 10 nitrogen and oxygen atoms in total. The van der Waals surface area contributed by atoms with E-state index in [1.807, 2.05) is 68.4 Å². The third kappa shape index (κ3) is 5.08. The molecule has 2 aliphatic heterocycles. The normalized spacial score (nSPS) is 27.0. The van der Waals surface area contributed by atoms with Crippen LogP contribution in [0.25, 0.3) is 0 Å². The van der Waals surface area contributed by atoms with E-state index in [1.165, 1.54) is 9.80 Å². The van der Waals surface area contributed by atoms with Gasteiger partial charge in [0.1, 0.15) is 5.75 Å². The minimum Gasteiger partial charge on any atom is -0.508 e. The molecule has 4 amide bonds. The Bertz CT molecular complexity index is 2130. The maximum absolute atomic E-state index is 14.5. The molecule has 0 radical (unpaired) electrons. The Morgan fingerprint density at radius 3 is 2.02 bits per heavy atom. The topological polar surface area (TPSA) is 123 Å². The summed E-state index contributed by atoms with van der Waals surface area (Å²) in [5.41, 5.74) is 3.66. The maximum atomic E-state index is 14.5. The fourth-order valence-electron chi connectivity index (χ4n) is 8.78. The van der Waals surface area contributed by atoms with E-state index in [4.69, 9.17) is 0 Å². The fourth-order valence-corrected chi connectivity index (χ4v) is 8.78. The molecule has 0 aromatic heterocycles. The Balaban J connectivity index is 1.11. The molecule has 6 atom stereocenters. The molecule has 1 N–H and O–H groups in total. The lowest BCUT2D eigenvalue weighted by molar-refractivity contribution is -0.131. The number of allylic oxidation sites excluding steroid dienone is 2. The highest BCUT2D eigenvalue weighted by Gasteiger charge is 2.67. The van der Waals surface area contributed by atoms with Crippen molar-refractivity contribution in [3.63, 3.8) is 0 Å². The lowest BCUT2D eigenvalue weighted by atomic mass is 9.51. The first kappa shape index (κ1) is 32.3. The van der Waals surface area contributed by atoms with Gasteiger partial charge in [-0.3, -0.25) is 24.1 Å². The highest BCUT2D eigenvalue weighted by atomic mass is 16.3. The van der Waals surface area contributed by atoms with Crippen LogP contribution in [0.15, 0.2) is 125 Å². The summed E-state index contributed by atoms with van der Waals surface area (Å²) < 4.78 is 0. The summed E-state index contributed by atoms with van der Waals surface area (Å²) in [5, 5.41) is 19.2. The van der Waals surface area contributed by atoms with Crippen LogP contribution in [0.4, 0.5) is 28.4 Å². The average molecular weight is 680 g/mol. The Hall–Kier alpha value is -5.90. The van der Waals surface area contributed by atoms with Gasteiger partial charge in [-0.1, -0.05) is 42.0 Å². The molecule has 0 spiro atoms. The van der Waals surface area contributed by atoms with Crippen LogP contribution in [0, 0.1) is 29.1 Å². The molecular weight excluding hydrogens is 642 g/mol. The lowest BCUT2D eigenvalue weighted by Gasteiger charge is -2.49. The summed E-state index contributed by atoms with van der Waals surface area (Å²) in [5.74, 6) is -4.23. The highest BCUT2D eigenvalue weighted by Crippen LogP contribution is 2.63. The van der Waals surface area contributed by atoms with Crippen LogP contribution in [-0.2, 0) is 19.2 Å². The molecule has 10 heteroatoms. The summed E-state index contributed by atoms with van der Waals surface area (Å²) in [6.45, 7) is 1.84. The van der Waals surface area contributed by atoms with Crippen molar-refractivity contribution in [3.05, 3.63) is 120 Å². The van der Waals surface area contributed by atoms with Gasteiger partial charge in [0.25, 0.3) is 0 Å². The number of aromatic hydroxyl groups is 1. The molecule has 0 bridgehead atoms. The highest BCUT2D eigenvalue weighted by molar-refractivity contribution is 6.25. The number of rotatable bonds is 6. The Morgan fingerprint density at radius 2 is 1.37 bits per heavy atom. The summed E-state index contributed by atoms with van der Waals surface area (Å²) in [7, 11) is 3.93. The molecule has 4 aromatic carbocycles. The molecule has 8 rings (SSSR count). The molecule has 4 aromatic rings. The van der Waals surface area contributed by atoms with Gasteiger partial charge in [0.15, 0.2) is 0 Å². The third-order valence-corrected chi connectivity index (χ3v) is 11.2. The molecule has 256 valence electrons. The van der Waals surface area contributed by atoms with Crippen LogP contribution in [0.2, 0.25) is 0 Å². The van der Waals surface area contributed by atoms with E-state index in [1.54, 1.807) is 66.7 Å². The quantitative estimate of drug-likeness (QED) is 0.130. The number of hydrogen-bond acceptors (Lipinski definition) is 8. The van der Waals surface area contributed by atoms with Crippen LogP contribution in [0.5, 0.6) is 5.75 Å². The minimum atomic E-state index is -1.17. The van der Waals surface area contributed by atoms with Crippen molar-refractivity contribution < 1.29 is 24.3 Å². The van der Waals surface area contributed by atoms with E-state index >= 15 is 0 Å². The third-order valence-electron chi connectivity index (χ3n) is 11.2. The van der Waals surface area contributed by atoms with Crippen LogP contribution in [0.3, 0.4) is 0 Å². The number of para-hydroxylation sites is 1. The number of nitrogens with zero attached hydrogens (tertiary/aromatic N) is 5. The van der Waals surface area contributed by atoms with E-state index in [0.29, 0.717) is 34.7 Å². The van der Waals surface area contributed by atoms with Crippen molar-refractivity contribution in [3.8, 4) is 5.75 Å². The number of benzene rings is 4. The number of hydrogen-bond donors (Lipinski definition) is 1. The molecule has 2 aliphatic carbocycles. The maximum Gasteiger partial charge on any atom is 0.241 e. The van der Waals surface area contributed by atoms with Gasteiger partial charge in [0.05, 0.1) is 45.9 Å². The number of carbonyl (C=O) groups is 4. The number of fused-ring (bicyclic) bond motifs is 4. The number of anilines is 3. The second-order valence-electron chi connectivity index (χ2n) is 14.2. The predicted octanol–water partition coefficient (Wildman–Crippen LogP) is 7.31. The Kier molecular flexibility index (Phi) is 7.70. The second kappa shape index (κ2) is 12.2. The molecule has 1 saturated carbocycles. The van der Waals surface area contributed by atoms with Gasteiger partial charge >= 0.3 is 0 Å². The van der Waals surface area contributed by atoms with Crippen LogP contribution in [0.1, 0.15) is 31.2 Å². The van der Waals surface area contributed by atoms with E-state index in [0.717, 1.165) is 11.3 Å². The van der Waals surface area contributed by atoms with Crippen LogP contribution < -0.4 is 14.7 Å². The number of phenols is 1. The van der Waals surface area contributed by atoms with Crippen molar-refractivity contribution in [1.29, 1.82) is 0 Å². The van der Waals surface area contributed by atoms with Gasteiger partial charge in [-0.2, -0.15) is 10.2 Å². The number of carbonyl (C=O) groups excluding carboxylic acids is 4. The van der Waals surface area contributed by atoms with Gasteiger partial charge in [-0.25, -0.2) is 4.90 Å². The monoisotopic (exact) mass is 679 g/mol. The number of azo groups is 1. The summed E-state index contributed by atoms with van der Waals surface area (Å²) >= 11 is 0. The van der Waals surface area contributed by atoms with Crippen molar-refractivity contribution in [1.82, 2.24) is 0 Å². The zero-order chi connectivity index (χ0) is 35.6. The Morgan fingerprint density at radius 1 is 0.725 bits per heavy atom. The van der Waals surface area contributed by atoms with Gasteiger partial charge in [-0.05, 0) is 104 Å². The molecule has 0 unspecified atom stereocenters. The van der Waals surface area contributed by atoms with E-state index in [-0.39, 0.29) is 35.8 Å². The van der Waals surface area contributed by atoms with Crippen molar-refractivity contribution in [2.75, 3.05) is 28.8 Å². The van der Waals surface area contributed by atoms with Crippen LogP contribution in [-0.4, -0.2) is 42.8 Å². The Labute approximate surface area is 295 Å². The smallest absolute Gasteiger partial charge is 0.241 e. The summed E-state index contributed by atoms with van der Waals surface area (Å²) in [4.78, 5) is 61.7. The van der Waals surface area contributed by atoms with E-state index in [9.17, 15) is 24.3 Å². The molecule has 2 heterocycles. The molecule has 51 heavy (non-hydrogen) atoms. The zero-order valence-corrected chi connectivity index (χ0v) is 28.5.